The average molecular weight is 535 g/mol. The Labute approximate surface area is 206 Å². The highest BCUT2D eigenvalue weighted by Crippen LogP contribution is 2.34. The highest BCUT2D eigenvalue weighted by atomic mass is 32.2. The zero-order valence-electron chi connectivity index (χ0n) is 16.7. The third-order valence-corrected chi connectivity index (χ3v) is 9.34. The van der Waals surface area contributed by atoms with Crippen LogP contribution < -0.4 is 9.47 Å². The minimum absolute atomic E-state index is 0.808. The van der Waals surface area contributed by atoms with Gasteiger partial charge in [0.15, 0.2) is 11.5 Å². The molecule has 162 valence electrons. The molecule has 0 radical (unpaired) electrons. The van der Waals surface area contributed by atoms with Crippen LogP contribution >= 0.6 is 95.0 Å². The number of ether oxygens (including phenoxy) is 2. The third kappa shape index (κ3) is 14.2. The molecule has 0 N–H and O–H groups in total. The normalized spacial score (nSPS) is 9.79. The molecule has 2 aromatic rings. The fourth-order valence-corrected chi connectivity index (χ4v) is 7.06. The first-order chi connectivity index (χ1) is 13.7. The second-order valence-corrected chi connectivity index (χ2v) is 11.4. The lowest BCUT2D eigenvalue weighted by atomic mass is 10.5. The molecule has 2 aromatic heterocycles. The molecule has 2 rings (SSSR count). The van der Waals surface area contributed by atoms with E-state index >= 15 is 0 Å². The molecular weight excluding hydrogens is 505 g/mol. The predicted molar refractivity (Wildman–Crippen MR) is 148 cm³/mol. The lowest BCUT2D eigenvalue weighted by molar-refractivity contribution is 0.358. The first-order valence-corrected chi connectivity index (χ1v) is 16.2. The fraction of sp³-hybridized carbons (Fsp3) is 0.556. The van der Waals surface area contributed by atoms with Gasteiger partial charge in [-0.25, -0.2) is 0 Å². The van der Waals surface area contributed by atoms with Crippen LogP contribution in [0.3, 0.4) is 0 Å². The Balaban J connectivity index is 0.000000473. The van der Waals surface area contributed by atoms with E-state index in [1.807, 2.05) is 69.1 Å². The summed E-state index contributed by atoms with van der Waals surface area (Å²) in [5, 5.41) is 8.37. The van der Waals surface area contributed by atoms with Crippen LogP contribution in [-0.4, -0.2) is 61.2 Å². The molecule has 0 bridgehead atoms. The van der Waals surface area contributed by atoms with Crippen molar-refractivity contribution in [2.24, 2.45) is 0 Å². The van der Waals surface area contributed by atoms with E-state index < -0.39 is 0 Å². The van der Waals surface area contributed by atoms with Crippen LogP contribution in [0, 0.1) is 0 Å². The van der Waals surface area contributed by atoms with Crippen molar-refractivity contribution in [3.8, 4) is 11.5 Å². The van der Waals surface area contributed by atoms with Gasteiger partial charge in [0.25, 0.3) is 0 Å². The number of thioether (sulfide) groups is 4. The van der Waals surface area contributed by atoms with Crippen LogP contribution in [-0.2, 0) is 0 Å². The van der Waals surface area contributed by atoms with Crippen molar-refractivity contribution in [1.82, 2.24) is 0 Å². The quantitative estimate of drug-likeness (QED) is 0.178. The molecule has 0 aliphatic heterocycles. The summed E-state index contributed by atoms with van der Waals surface area (Å²) >= 11 is 18.9. The van der Waals surface area contributed by atoms with Crippen molar-refractivity contribution < 1.29 is 9.47 Å². The Morgan fingerprint density at radius 1 is 0.714 bits per heavy atom. The molecule has 0 aromatic carbocycles. The zero-order valence-corrected chi connectivity index (χ0v) is 23.4. The Bertz CT molecular complexity index is 528. The molecule has 0 fully saturated rings. The van der Waals surface area contributed by atoms with Crippen molar-refractivity contribution in [2.45, 2.75) is 9.79 Å². The summed E-state index contributed by atoms with van der Waals surface area (Å²) in [5.74, 6) is 8.32. The van der Waals surface area contributed by atoms with Crippen molar-refractivity contribution in [3.63, 3.8) is 0 Å². The van der Waals surface area contributed by atoms with E-state index in [2.05, 4.69) is 48.5 Å². The summed E-state index contributed by atoms with van der Waals surface area (Å²) in [5.41, 5.74) is 0. The van der Waals surface area contributed by atoms with Gasteiger partial charge in [0.05, 0.1) is 14.2 Å². The number of hydrogen-bond acceptors (Lipinski definition) is 10. The largest absolute Gasteiger partial charge is 0.492 e. The van der Waals surface area contributed by atoms with Gasteiger partial charge in [0.1, 0.15) is 0 Å². The molecule has 2 nitrogen and oxygen atoms in total. The highest BCUT2D eigenvalue weighted by molar-refractivity contribution is 8.04. The SMILES string of the molecule is COc1cscc1OC.CSCCSc1cscc1SCCSC.SCCS. The minimum Gasteiger partial charge on any atom is -0.492 e. The smallest absolute Gasteiger partial charge is 0.171 e. The maximum absolute atomic E-state index is 4.96. The van der Waals surface area contributed by atoms with E-state index in [0.29, 0.717) is 0 Å². The number of hydrogen-bond donors (Lipinski definition) is 2. The van der Waals surface area contributed by atoms with Crippen LogP contribution in [0.1, 0.15) is 0 Å². The van der Waals surface area contributed by atoms with Gasteiger partial charge in [-0.1, -0.05) is 0 Å². The summed E-state index contributed by atoms with van der Waals surface area (Å²) in [6.45, 7) is 0. The minimum atomic E-state index is 0.808. The van der Waals surface area contributed by atoms with Crippen molar-refractivity contribution in [1.29, 1.82) is 0 Å². The standard InChI is InChI=1S/C10H16S5.C6H8O2S.C2H6S2/c1-11-3-5-14-9-7-13-8-10(9)15-6-4-12-2;1-7-5-3-9-4-6(5)8-2;3-1-2-4/h7-8H,3-6H2,1-2H3;3-4H,1-2H3;3-4H,1-2H2. The van der Waals surface area contributed by atoms with Gasteiger partial charge in [-0.05, 0) is 24.0 Å². The van der Waals surface area contributed by atoms with E-state index in [0.717, 1.165) is 23.0 Å². The van der Waals surface area contributed by atoms with Crippen molar-refractivity contribution >= 4 is 95.0 Å². The molecule has 0 unspecified atom stereocenters. The van der Waals surface area contributed by atoms with Gasteiger partial charge in [0.2, 0.25) is 0 Å². The van der Waals surface area contributed by atoms with E-state index in [9.17, 15) is 0 Å². The van der Waals surface area contributed by atoms with Crippen LogP contribution in [0.25, 0.3) is 0 Å². The molecule has 0 spiro atoms. The van der Waals surface area contributed by atoms with Crippen LogP contribution in [0.2, 0.25) is 0 Å². The van der Waals surface area contributed by atoms with Gasteiger partial charge in [-0.3, -0.25) is 0 Å². The van der Waals surface area contributed by atoms with Crippen molar-refractivity contribution in [2.75, 3.05) is 61.2 Å². The second kappa shape index (κ2) is 21.3. The molecule has 0 aliphatic rings. The Hall–Kier alpha value is 1.10. The predicted octanol–water partition coefficient (Wildman–Crippen LogP) is 7.27. The van der Waals surface area contributed by atoms with Gasteiger partial charge in [0, 0.05) is 54.3 Å². The molecule has 0 saturated carbocycles. The first-order valence-electron chi connectivity index (χ1n) is 8.33. The fourth-order valence-electron chi connectivity index (χ4n) is 1.53. The van der Waals surface area contributed by atoms with Crippen LogP contribution in [0.15, 0.2) is 31.3 Å². The Morgan fingerprint density at radius 2 is 1.11 bits per heavy atom. The maximum atomic E-state index is 4.96. The molecule has 0 aliphatic carbocycles. The molecule has 10 heteroatoms. The maximum Gasteiger partial charge on any atom is 0.171 e. The molecule has 28 heavy (non-hydrogen) atoms. The molecule has 2 heterocycles. The molecule has 0 amide bonds. The number of thiol groups is 2. The van der Waals surface area contributed by atoms with Gasteiger partial charge in [-0.2, -0.15) is 60.1 Å². The topological polar surface area (TPSA) is 18.5 Å². The van der Waals surface area contributed by atoms with E-state index in [4.69, 9.17) is 9.47 Å². The summed E-state index contributed by atoms with van der Waals surface area (Å²) in [4.78, 5) is 2.97. The molecule has 0 atom stereocenters. The zero-order chi connectivity index (χ0) is 21.0. The third-order valence-electron chi connectivity index (χ3n) is 2.82. The summed E-state index contributed by atoms with van der Waals surface area (Å²) < 4.78 is 9.92. The summed E-state index contributed by atoms with van der Waals surface area (Å²) in [7, 11) is 3.26. The van der Waals surface area contributed by atoms with Gasteiger partial charge >= 0.3 is 0 Å². The Kier molecular flexibility index (Phi) is 22.2. The summed E-state index contributed by atoms with van der Waals surface area (Å²) in [6, 6.07) is 0. The van der Waals surface area contributed by atoms with Crippen LogP contribution in [0.4, 0.5) is 0 Å². The first kappa shape index (κ1) is 29.1. The monoisotopic (exact) mass is 534 g/mol. The van der Waals surface area contributed by atoms with Gasteiger partial charge < -0.3 is 9.47 Å². The lowest BCUT2D eigenvalue weighted by Crippen LogP contribution is -1.84. The number of rotatable bonds is 11. The number of methoxy groups -OCH3 is 2. The van der Waals surface area contributed by atoms with E-state index in [-0.39, 0.29) is 0 Å². The second-order valence-electron chi connectivity index (χ2n) is 4.74. The highest BCUT2D eigenvalue weighted by Gasteiger charge is 2.04. The lowest BCUT2D eigenvalue weighted by Gasteiger charge is -2.02. The molecule has 0 saturated heterocycles. The van der Waals surface area contributed by atoms with Crippen LogP contribution in [0.5, 0.6) is 11.5 Å². The number of thiophene rings is 2. The van der Waals surface area contributed by atoms with Crippen molar-refractivity contribution in [3.05, 3.63) is 21.5 Å². The average Bonchev–Trinajstić information content (AvgIpc) is 3.38. The Morgan fingerprint density at radius 3 is 1.43 bits per heavy atom. The summed E-state index contributed by atoms with van der Waals surface area (Å²) in [6.07, 6.45) is 4.34. The van der Waals surface area contributed by atoms with E-state index in [1.54, 1.807) is 25.6 Å². The van der Waals surface area contributed by atoms with E-state index in [1.165, 1.54) is 32.8 Å². The van der Waals surface area contributed by atoms with Gasteiger partial charge in [-0.15, -0.1) is 34.9 Å². The molecular formula is C18H30O2S8.